The number of ether oxygens (including phenoxy) is 2. The zero-order valence-electron chi connectivity index (χ0n) is 20.8. The van der Waals surface area contributed by atoms with Crippen LogP contribution in [0.25, 0.3) is 0 Å². The van der Waals surface area contributed by atoms with E-state index in [0.29, 0.717) is 22.6 Å². The molecule has 0 saturated heterocycles. The van der Waals surface area contributed by atoms with Gasteiger partial charge in [-0.05, 0) is 61.8 Å². The Kier molecular flexibility index (Phi) is 7.80. The van der Waals surface area contributed by atoms with Gasteiger partial charge in [0.1, 0.15) is 0 Å². The van der Waals surface area contributed by atoms with Gasteiger partial charge in [-0.25, -0.2) is 9.59 Å². The van der Waals surface area contributed by atoms with Crippen LogP contribution in [0.4, 0.5) is 0 Å². The Hall–Kier alpha value is -3.40. The van der Waals surface area contributed by atoms with Crippen molar-refractivity contribution >= 4 is 11.9 Å². The lowest BCUT2D eigenvalue weighted by atomic mass is 9.80. The smallest absolute Gasteiger partial charge is 0.343 e. The fourth-order valence-corrected chi connectivity index (χ4v) is 5.73. The Labute approximate surface area is 213 Å². The second-order valence-corrected chi connectivity index (χ2v) is 10.1. The van der Waals surface area contributed by atoms with Crippen LogP contribution in [-0.2, 0) is 0 Å². The van der Waals surface area contributed by atoms with E-state index in [1.807, 2.05) is 36.4 Å². The topological polar surface area (TPSA) is 52.6 Å². The third kappa shape index (κ3) is 5.53. The van der Waals surface area contributed by atoms with E-state index >= 15 is 0 Å². The quantitative estimate of drug-likeness (QED) is 0.262. The van der Waals surface area contributed by atoms with Crippen LogP contribution >= 0.6 is 0 Å². The van der Waals surface area contributed by atoms with Crippen molar-refractivity contribution in [3.05, 3.63) is 95.1 Å². The lowest BCUT2D eigenvalue weighted by Crippen LogP contribution is -2.18. The summed E-state index contributed by atoms with van der Waals surface area (Å²) >= 11 is 0. The van der Waals surface area contributed by atoms with Crippen LogP contribution in [-0.4, -0.2) is 11.9 Å². The normalized spacial score (nSPS) is 16.9. The Morgan fingerprint density at radius 2 is 0.861 bits per heavy atom. The number of esters is 2. The summed E-state index contributed by atoms with van der Waals surface area (Å²) in [5.74, 6) is 0.584. The summed E-state index contributed by atoms with van der Waals surface area (Å²) in [5.41, 5.74) is 2.93. The molecule has 2 aliphatic rings. The van der Waals surface area contributed by atoms with Crippen molar-refractivity contribution in [3.63, 3.8) is 0 Å². The molecule has 36 heavy (non-hydrogen) atoms. The second-order valence-electron chi connectivity index (χ2n) is 10.1. The van der Waals surface area contributed by atoms with E-state index in [-0.39, 0.29) is 11.8 Å². The van der Waals surface area contributed by atoms with Gasteiger partial charge in [0.15, 0.2) is 11.5 Å². The molecule has 3 aromatic carbocycles. The number of benzene rings is 3. The highest BCUT2D eigenvalue weighted by Crippen LogP contribution is 2.48. The summed E-state index contributed by atoms with van der Waals surface area (Å²) in [6.45, 7) is 0. The highest BCUT2D eigenvalue weighted by atomic mass is 16.6. The molecule has 186 valence electrons. The van der Waals surface area contributed by atoms with Gasteiger partial charge in [0, 0.05) is 11.1 Å². The molecular weight excluding hydrogens is 448 g/mol. The number of hydrogen-bond donors (Lipinski definition) is 0. The number of rotatable bonds is 6. The van der Waals surface area contributed by atoms with Crippen LogP contribution in [0.2, 0.25) is 0 Å². The van der Waals surface area contributed by atoms with Crippen molar-refractivity contribution in [1.29, 1.82) is 0 Å². The maximum absolute atomic E-state index is 13.3. The summed E-state index contributed by atoms with van der Waals surface area (Å²) in [5, 5.41) is 0. The molecule has 2 aliphatic carbocycles. The van der Waals surface area contributed by atoms with E-state index in [4.69, 9.17) is 9.47 Å². The van der Waals surface area contributed by atoms with Gasteiger partial charge in [-0.15, -0.1) is 0 Å². The van der Waals surface area contributed by atoms with Gasteiger partial charge in [0.2, 0.25) is 0 Å². The average Bonchev–Trinajstić information content (AvgIpc) is 2.95. The van der Waals surface area contributed by atoms with Crippen LogP contribution < -0.4 is 9.47 Å². The second kappa shape index (κ2) is 11.6. The van der Waals surface area contributed by atoms with Crippen LogP contribution in [0, 0.1) is 0 Å². The number of hydrogen-bond acceptors (Lipinski definition) is 4. The van der Waals surface area contributed by atoms with Crippen LogP contribution in [0.3, 0.4) is 0 Å². The minimum Gasteiger partial charge on any atom is -0.419 e. The molecule has 2 saturated carbocycles. The molecule has 0 N–H and O–H groups in total. The Bertz CT molecular complexity index is 1080. The van der Waals surface area contributed by atoms with E-state index in [2.05, 4.69) is 12.1 Å². The molecule has 0 aromatic heterocycles. The van der Waals surface area contributed by atoms with Gasteiger partial charge in [0.25, 0.3) is 0 Å². The zero-order valence-corrected chi connectivity index (χ0v) is 20.8. The Morgan fingerprint density at radius 1 is 0.500 bits per heavy atom. The largest absolute Gasteiger partial charge is 0.419 e. The molecule has 2 fully saturated rings. The van der Waals surface area contributed by atoms with E-state index in [9.17, 15) is 9.59 Å². The molecule has 0 heterocycles. The SMILES string of the molecule is O=C(Oc1c(C2CCCCC2)ccc(C2CCCCC2)c1OC(=O)c1ccccc1)c1ccccc1. The zero-order chi connectivity index (χ0) is 24.7. The molecule has 0 amide bonds. The Balaban J connectivity index is 1.60. The predicted molar refractivity (Wildman–Crippen MR) is 141 cm³/mol. The predicted octanol–water partition coefficient (Wildman–Crippen LogP) is 8.22. The molecule has 5 rings (SSSR count). The van der Waals surface area contributed by atoms with Gasteiger partial charge in [0.05, 0.1) is 11.1 Å². The van der Waals surface area contributed by atoms with Crippen molar-refractivity contribution in [2.45, 2.75) is 76.0 Å². The first kappa shape index (κ1) is 24.3. The summed E-state index contributed by atoms with van der Waals surface area (Å²) in [4.78, 5) is 26.6. The maximum atomic E-state index is 13.3. The van der Waals surface area contributed by atoms with Crippen LogP contribution in [0.15, 0.2) is 72.8 Å². The van der Waals surface area contributed by atoms with Crippen molar-refractivity contribution in [3.8, 4) is 11.5 Å². The first-order chi connectivity index (χ1) is 17.7. The average molecular weight is 483 g/mol. The van der Waals surface area contributed by atoms with Gasteiger partial charge in [-0.2, -0.15) is 0 Å². The Morgan fingerprint density at radius 3 is 1.22 bits per heavy atom. The first-order valence-electron chi connectivity index (χ1n) is 13.4. The fourth-order valence-electron chi connectivity index (χ4n) is 5.73. The standard InChI is InChI=1S/C32H34O4/c33-31(25-17-9-3-10-18-25)35-29-27(23-13-5-1-6-14-23)21-22-28(24-15-7-2-8-16-24)30(29)36-32(34)26-19-11-4-12-20-26/h3-4,9-12,17-24H,1-2,5-8,13-16H2. The molecule has 4 heteroatoms. The molecule has 0 unspecified atom stereocenters. The van der Waals surface area contributed by atoms with E-state index < -0.39 is 11.9 Å². The molecule has 0 radical (unpaired) electrons. The van der Waals surface area contributed by atoms with E-state index in [0.717, 1.165) is 62.5 Å². The minimum atomic E-state index is -0.425. The monoisotopic (exact) mass is 482 g/mol. The molecule has 0 bridgehead atoms. The minimum absolute atomic E-state index is 0.284. The maximum Gasteiger partial charge on any atom is 0.343 e. The van der Waals surface area contributed by atoms with Crippen molar-refractivity contribution in [2.24, 2.45) is 0 Å². The molecule has 0 aliphatic heterocycles. The third-order valence-corrected chi connectivity index (χ3v) is 7.67. The third-order valence-electron chi connectivity index (χ3n) is 7.67. The van der Waals surface area contributed by atoms with Gasteiger partial charge in [-0.1, -0.05) is 87.1 Å². The molecule has 4 nitrogen and oxygen atoms in total. The van der Waals surface area contributed by atoms with Gasteiger partial charge < -0.3 is 9.47 Å². The lowest BCUT2D eigenvalue weighted by molar-refractivity contribution is 0.0677. The van der Waals surface area contributed by atoms with Crippen LogP contribution in [0.1, 0.15) is 108 Å². The molecule has 0 spiro atoms. The number of carbonyl (C=O) groups excluding carboxylic acids is 2. The molecule has 0 atom stereocenters. The van der Waals surface area contributed by atoms with Gasteiger partial charge in [-0.3, -0.25) is 0 Å². The van der Waals surface area contributed by atoms with Crippen LogP contribution in [0.5, 0.6) is 11.5 Å². The van der Waals surface area contributed by atoms with Crippen molar-refractivity contribution in [2.75, 3.05) is 0 Å². The highest BCUT2D eigenvalue weighted by Gasteiger charge is 2.30. The van der Waals surface area contributed by atoms with E-state index in [1.54, 1.807) is 24.3 Å². The summed E-state index contributed by atoms with van der Waals surface area (Å²) in [6.07, 6.45) is 11.3. The van der Waals surface area contributed by atoms with Crippen molar-refractivity contribution in [1.82, 2.24) is 0 Å². The van der Waals surface area contributed by atoms with Crippen molar-refractivity contribution < 1.29 is 19.1 Å². The summed E-state index contributed by atoms with van der Waals surface area (Å²) in [7, 11) is 0. The number of carbonyl (C=O) groups is 2. The first-order valence-corrected chi connectivity index (χ1v) is 13.4. The molecule has 3 aromatic rings. The summed E-state index contributed by atoms with van der Waals surface area (Å²) < 4.78 is 12.3. The molecular formula is C32H34O4. The highest BCUT2D eigenvalue weighted by molar-refractivity contribution is 5.93. The van der Waals surface area contributed by atoms with Gasteiger partial charge >= 0.3 is 11.9 Å². The lowest BCUT2D eigenvalue weighted by Gasteiger charge is -2.29. The summed E-state index contributed by atoms with van der Waals surface area (Å²) in [6, 6.07) is 22.3. The van der Waals surface area contributed by atoms with E-state index in [1.165, 1.54) is 12.8 Å². The fraction of sp³-hybridized carbons (Fsp3) is 0.375.